The molecule has 0 heterocycles. The molecule has 0 saturated carbocycles. The minimum atomic E-state index is -1.34. The van der Waals surface area contributed by atoms with Crippen LogP contribution in [-0.4, -0.2) is 77.0 Å². The number of guanidine groups is 1. The van der Waals surface area contributed by atoms with Gasteiger partial charge in [0.05, 0.1) is 19.0 Å². The number of hydrogen-bond acceptors (Lipinski definition) is 7. The zero-order valence-corrected chi connectivity index (χ0v) is 15.9. The number of hydrogen-bond donors (Lipinski definition) is 8. The van der Waals surface area contributed by atoms with Crippen molar-refractivity contribution in [2.24, 2.45) is 22.2 Å². The molecule has 164 valence electrons. The van der Waals surface area contributed by atoms with E-state index in [1.165, 1.54) is 6.92 Å². The summed E-state index contributed by atoms with van der Waals surface area (Å²) in [6, 6.07) is -3.63. The number of nitrogens with zero attached hydrogens (tertiary/aromatic N) is 1. The van der Waals surface area contributed by atoms with Gasteiger partial charge in [-0.15, -0.1) is 0 Å². The van der Waals surface area contributed by atoms with E-state index < -0.39 is 60.8 Å². The molecule has 0 aromatic heterocycles. The number of carboxylic acid groups (broad SMARTS) is 2. The number of aliphatic imine (C=N–C) groups is 1. The van der Waals surface area contributed by atoms with Crippen LogP contribution < -0.4 is 33.2 Å². The highest BCUT2D eigenvalue weighted by atomic mass is 16.4. The van der Waals surface area contributed by atoms with E-state index in [4.69, 9.17) is 27.4 Å². The molecule has 0 fully saturated rings. The second-order valence-electron chi connectivity index (χ2n) is 6.06. The van der Waals surface area contributed by atoms with Crippen LogP contribution >= 0.6 is 0 Å². The maximum atomic E-state index is 12.2. The Morgan fingerprint density at radius 3 is 2.17 bits per heavy atom. The molecule has 0 aromatic carbocycles. The molecule has 0 rings (SSSR count). The second-order valence-corrected chi connectivity index (χ2v) is 6.06. The number of carbonyl (C=O) groups excluding carboxylic acids is 3. The Kier molecular flexibility index (Phi) is 11.4. The van der Waals surface area contributed by atoms with Crippen molar-refractivity contribution in [2.45, 2.75) is 44.3 Å². The van der Waals surface area contributed by atoms with Crippen molar-refractivity contribution < 1.29 is 34.2 Å². The van der Waals surface area contributed by atoms with Gasteiger partial charge in [0.2, 0.25) is 17.7 Å². The largest absolute Gasteiger partial charge is 0.481 e. The van der Waals surface area contributed by atoms with Crippen LogP contribution in [0.1, 0.15) is 26.2 Å². The molecule has 0 saturated heterocycles. The quantitative estimate of drug-likeness (QED) is 0.0819. The first-order chi connectivity index (χ1) is 13.4. The van der Waals surface area contributed by atoms with Crippen molar-refractivity contribution in [3.8, 4) is 0 Å². The Bertz CT molecular complexity index is 649. The molecule has 3 unspecified atom stereocenters. The van der Waals surface area contributed by atoms with Gasteiger partial charge in [0.15, 0.2) is 5.96 Å². The lowest BCUT2D eigenvalue weighted by Gasteiger charge is -2.20. The smallest absolute Gasteiger partial charge is 0.325 e. The molecule has 0 aromatic rings. The number of carboxylic acids is 2. The topological polar surface area (TPSA) is 252 Å². The highest BCUT2D eigenvalue weighted by Crippen LogP contribution is 2.00. The summed E-state index contributed by atoms with van der Waals surface area (Å²) in [5.41, 5.74) is 15.8. The van der Waals surface area contributed by atoms with Crippen LogP contribution in [0.4, 0.5) is 0 Å². The summed E-state index contributed by atoms with van der Waals surface area (Å²) in [4.78, 5) is 61.0. The normalized spacial score (nSPS) is 13.3. The second kappa shape index (κ2) is 12.9. The van der Waals surface area contributed by atoms with E-state index >= 15 is 0 Å². The zero-order valence-electron chi connectivity index (χ0n) is 15.9. The molecule has 0 aliphatic heterocycles. The first-order valence-electron chi connectivity index (χ1n) is 8.57. The highest BCUT2D eigenvalue weighted by Gasteiger charge is 2.24. The molecule has 0 bridgehead atoms. The fraction of sp³-hybridized carbons (Fsp3) is 0.600. The van der Waals surface area contributed by atoms with Crippen molar-refractivity contribution >= 4 is 35.6 Å². The number of carbonyl (C=O) groups is 5. The molecular weight excluding hydrogens is 390 g/mol. The fourth-order valence-electron chi connectivity index (χ4n) is 1.97. The molecule has 14 nitrogen and oxygen atoms in total. The van der Waals surface area contributed by atoms with Crippen molar-refractivity contribution in [3.63, 3.8) is 0 Å². The average molecular weight is 417 g/mol. The number of aliphatic carboxylic acids is 2. The average Bonchev–Trinajstić information content (AvgIpc) is 2.60. The molecule has 11 N–H and O–H groups in total. The van der Waals surface area contributed by atoms with Crippen LogP contribution in [0, 0.1) is 0 Å². The van der Waals surface area contributed by atoms with Crippen LogP contribution in [0.25, 0.3) is 0 Å². The van der Waals surface area contributed by atoms with Gasteiger partial charge in [-0.25, -0.2) is 0 Å². The SMILES string of the molecule is CC(NC(=O)C(CCCN=C(N)N)NC(=O)CNC(=O)C(N)CC(=O)O)C(=O)O. The van der Waals surface area contributed by atoms with Crippen LogP contribution in [0.2, 0.25) is 0 Å². The van der Waals surface area contributed by atoms with Gasteiger partial charge in [-0.3, -0.25) is 29.0 Å². The lowest BCUT2D eigenvalue weighted by atomic mass is 10.1. The molecule has 0 spiro atoms. The molecule has 0 aliphatic rings. The first-order valence-corrected chi connectivity index (χ1v) is 8.57. The predicted molar refractivity (Wildman–Crippen MR) is 100 cm³/mol. The van der Waals surface area contributed by atoms with Crippen molar-refractivity contribution in [1.29, 1.82) is 0 Å². The third-order valence-electron chi connectivity index (χ3n) is 3.48. The van der Waals surface area contributed by atoms with Gasteiger partial charge in [0.25, 0.3) is 0 Å². The maximum absolute atomic E-state index is 12.2. The van der Waals surface area contributed by atoms with E-state index in [0.29, 0.717) is 6.42 Å². The van der Waals surface area contributed by atoms with Gasteiger partial charge in [0, 0.05) is 6.54 Å². The van der Waals surface area contributed by atoms with Crippen LogP contribution in [0.3, 0.4) is 0 Å². The molecule has 0 radical (unpaired) electrons. The molecule has 3 atom stereocenters. The minimum absolute atomic E-state index is 0.0904. The van der Waals surface area contributed by atoms with Gasteiger partial charge in [-0.2, -0.15) is 0 Å². The summed E-state index contributed by atoms with van der Waals surface area (Å²) >= 11 is 0. The number of rotatable bonds is 13. The summed E-state index contributed by atoms with van der Waals surface area (Å²) in [7, 11) is 0. The fourth-order valence-corrected chi connectivity index (χ4v) is 1.97. The van der Waals surface area contributed by atoms with Gasteiger partial charge in [-0.1, -0.05) is 0 Å². The maximum Gasteiger partial charge on any atom is 0.325 e. The van der Waals surface area contributed by atoms with E-state index in [9.17, 15) is 24.0 Å². The Hall–Kier alpha value is -3.42. The lowest BCUT2D eigenvalue weighted by Crippen LogP contribution is -2.53. The predicted octanol–water partition coefficient (Wildman–Crippen LogP) is -3.97. The van der Waals surface area contributed by atoms with Crippen molar-refractivity contribution in [2.75, 3.05) is 13.1 Å². The highest BCUT2D eigenvalue weighted by molar-refractivity contribution is 5.93. The van der Waals surface area contributed by atoms with Gasteiger partial charge in [-0.05, 0) is 19.8 Å². The Morgan fingerprint density at radius 2 is 1.66 bits per heavy atom. The van der Waals surface area contributed by atoms with E-state index in [0.717, 1.165) is 0 Å². The van der Waals surface area contributed by atoms with E-state index in [1.807, 2.05) is 0 Å². The zero-order chi connectivity index (χ0) is 22.6. The van der Waals surface area contributed by atoms with Gasteiger partial charge in [0.1, 0.15) is 12.1 Å². The number of nitrogens with one attached hydrogen (secondary N) is 3. The van der Waals surface area contributed by atoms with Crippen molar-refractivity contribution in [3.05, 3.63) is 0 Å². The third kappa shape index (κ3) is 11.8. The standard InChI is InChI=1S/C15H27N7O7/c1-7(14(28)29)21-13(27)9(3-2-4-19-15(17)18)22-10(23)6-20-12(26)8(16)5-11(24)25/h7-9H,2-6,16H2,1H3,(H,20,26)(H,21,27)(H,22,23)(H,24,25)(H,28,29)(H4,17,18,19). The molecule has 0 aliphatic carbocycles. The Balaban J connectivity index is 4.81. The summed E-state index contributed by atoms with van der Waals surface area (Å²) < 4.78 is 0. The monoisotopic (exact) mass is 417 g/mol. The molecular formula is C15H27N7O7. The summed E-state index contributed by atoms with van der Waals surface area (Å²) in [6.07, 6.45) is -0.225. The summed E-state index contributed by atoms with van der Waals surface area (Å²) in [6.45, 7) is 0.873. The van der Waals surface area contributed by atoms with Crippen LogP contribution in [-0.2, 0) is 24.0 Å². The van der Waals surface area contributed by atoms with Gasteiger partial charge < -0.3 is 43.4 Å². The lowest BCUT2D eigenvalue weighted by molar-refractivity contribution is -0.141. The van der Waals surface area contributed by atoms with E-state index in [1.54, 1.807) is 0 Å². The summed E-state index contributed by atoms with van der Waals surface area (Å²) in [5.74, 6) is -5.03. The third-order valence-corrected chi connectivity index (χ3v) is 3.48. The van der Waals surface area contributed by atoms with E-state index in [2.05, 4.69) is 20.9 Å². The molecule has 29 heavy (non-hydrogen) atoms. The van der Waals surface area contributed by atoms with Crippen LogP contribution in [0.15, 0.2) is 4.99 Å². The number of amides is 3. The van der Waals surface area contributed by atoms with Gasteiger partial charge >= 0.3 is 11.9 Å². The number of nitrogens with two attached hydrogens (primary N) is 3. The van der Waals surface area contributed by atoms with Crippen LogP contribution in [0.5, 0.6) is 0 Å². The molecule has 3 amide bonds. The molecule has 14 heteroatoms. The minimum Gasteiger partial charge on any atom is -0.481 e. The first kappa shape index (κ1) is 25.6. The Morgan fingerprint density at radius 1 is 1.03 bits per heavy atom. The Labute approximate surface area is 166 Å². The summed E-state index contributed by atoms with van der Waals surface area (Å²) in [5, 5.41) is 24.2. The van der Waals surface area contributed by atoms with Crippen molar-refractivity contribution in [1.82, 2.24) is 16.0 Å². The van der Waals surface area contributed by atoms with E-state index in [-0.39, 0.29) is 18.9 Å².